The molecule has 1 amide bonds. The molecule has 2 aromatic rings. The first kappa shape index (κ1) is 12.9. The smallest absolute Gasteiger partial charge is 0.404 e. The zero-order chi connectivity index (χ0) is 14.0. The molecule has 6 nitrogen and oxygen atoms in total. The molecule has 3 N–H and O–H groups in total. The van der Waals surface area contributed by atoms with Gasteiger partial charge in [0.1, 0.15) is 11.3 Å². The third kappa shape index (κ3) is 2.85. The number of phenolic OH excluding ortho intramolecular Hbond substituents is 1. The molecule has 0 saturated heterocycles. The van der Waals surface area contributed by atoms with E-state index in [1.165, 1.54) is 18.2 Å². The lowest BCUT2D eigenvalue weighted by atomic mass is 9.98. The fraction of sp³-hybridized carbons (Fsp3) is 0.231. The van der Waals surface area contributed by atoms with Gasteiger partial charge in [0.25, 0.3) is 0 Å². The summed E-state index contributed by atoms with van der Waals surface area (Å²) in [4.78, 5) is 22.0. The van der Waals surface area contributed by atoms with Crippen LogP contribution in [0.15, 0.2) is 33.5 Å². The van der Waals surface area contributed by atoms with Gasteiger partial charge in [0.15, 0.2) is 0 Å². The van der Waals surface area contributed by atoms with Crippen molar-refractivity contribution in [1.29, 1.82) is 0 Å². The summed E-state index contributed by atoms with van der Waals surface area (Å²) < 4.78 is 5.01. The van der Waals surface area contributed by atoms with E-state index in [9.17, 15) is 14.7 Å². The van der Waals surface area contributed by atoms with Crippen LogP contribution in [0.2, 0.25) is 0 Å². The van der Waals surface area contributed by atoms with Gasteiger partial charge in [0.2, 0.25) is 0 Å². The van der Waals surface area contributed by atoms with Crippen LogP contribution in [0.4, 0.5) is 4.79 Å². The zero-order valence-electron chi connectivity index (χ0n) is 10.2. The van der Waals surface area contributed by atoms with E-state index in [2.05, 4.69) is 5.32 Å². The van der Waals surface area contributed by atoms with E-state index < -0.39 is 11.7 Å². The number of rotatable bonds is 3. The first-order chi connectivity index (χ1) is 8.97. The molecule has 1 aromatic heterocycles. The maximum atomic E-state index is 11.5. The molecule has 0 aliphatic carbocycles. The van der Waals surface area contributed by atoms with Crippen molar-refractivity contribution in [2.24, 2.45) is 0 Å². The lowest BCUT2D eigenvalue weighted by Crippen LogP contribution is -2.25. The average Bonchev–Trinajstić information content (AvgIpc) is 2.34. The van der Waals surface area contributed by atoms with Gasteiger partial charge in [-0.05, 0) is 23.6 Å². The van der Waals surface area contributed by atoms with E-state index in [4.69, 9.17) is 9.52 Å². The second kappa shape index (κ2) is 5.01. The molecule has 1 aromatic carbocycles. The summed E-state index contributed by atoms with van der Waals surface area (Å²) in [6, 6.07) is 5.83. The normalized spacial score (nSPS) is 12.3. The van der Waals surface area contributed by atoms with Crippen molar-refractivity contribution in [2.75, 3.05) is 6.54 Å². The molecule has 1 heterocycles. The Labute approximate surface area is 108 Å². The van der Waals surface area contributed by atoms with Crippen LogP contribution in [0.5, 0.6) is 5.75 Å². The number of hydrogen-bond donors (Lipinski definition) is 3. The lowest BCUT2D eigenvalue weighted by molar-refractivity contribution is 0.194. The van der Waals surface area contributed by atoms with Crippen LogP contribution in [-0.4, -0.2) is 22.9 Å². The summed E-state index contributed by atoms with van der Waals surface area (Å²) in [5, 5.41) is 20.9. The molecule has 100 valence electrons. The molecule has 19 heavy (non-hydrogen) atoms. The van der Waals surface area contributed by atoms with E-state index in [1.54, 1.807) is 13.0 Å². The maximum absolute atomic E-state index is 11.5. The van der Waals surface area contributed by atoms with Crippen LogP contribution in [0.25, 0.3) is 11.0 Å². The topological polar surface area (TPSA) is 99.8 Å². The van der Waals surface area contributed by atoms with Crippen molar-refractivity contribution in [3.63, 3.8) is 0 Å². The van der Waals surface area contributed by atoms with E-state index in [0.717, 1.165) is 0 Å². The molecular weight excluding hydrogens is 250 g/mol. The van der Waals surface area contributed by atoms with E-state index >= 15 is 0 Å². The zero-order valence-corrected chi connectivity index (χ0v) is 10.2. The summed E-state index contributed by atoms with van der Waals surface area (Å²) in [7, 11) is 0. The number of aromatic hydroxyl groups is 1. The summed E-state index contributed by atoms with van der Waals surface area (Å²) in [5.74, 6) is -0.184. The van der Waals surface area contributed by atoms with Crippen LogP contribution >= 0.6 is 0 Å². The SMILES string of the molecule is CC(CNC(=O)O)c1cc(=O)oc2cc(O)ccc12. The molecule has 0 radical (unpaired) electrons. The number of hydrogen-bond acceptors (Lipinski definition) is 4. The van der Waals surface area contributed by atoms with Crippen molar-refractivity contribution in [2.45, 2.75) is 12.8 Å². The van der Waals surface area contributed by atoms with E-state index in [0.29, 0.717) is 10.9 Å². The molecule has 0 fully saturated rings. The standard InChI is InChI=1S/C13H13NO5/c1-7(6-14-13(17)18)10-5-12(16)19-11-4-8(15)2-3-9(10)11/h2-5,7,14-15H,6H2,1H3,(H,17,18). The van der Waals surface area contributed by atoms with Crippen molar-refractivity contribution in [3.8, 4) is 5.75 Å². The fourth-order valence-corrected chi connectivity index (χ4v) is 1.93. The molecule has 1 unspecified atom stereocenters. The Morgan fingerprint density at radius 1 is 1.42 bits per heavy atom. The highest BCUT2D eigenvalue weighted by Gasteiger charge is 2.13. The van der Waals surface area contributed by atoms with Gasteiger partial charge in [-0.2, -0.15) is 0 Å². The molecule has 2 rings (SSSR count). The summed E-state index contributed by atoms with van der Waals surface area (Å²) in [6.07, 6.45) is -1.11. The van der Waals surface area contributed by atoms with Gasteiger partial charge < -0.3 is 19.9 Å². The Kier molecular flexibility index (Phi) is 3.41. The molecule has 0 saturated carbocycles. The highest BCUT2D eigenvalue weighted by atomic mass is 16.4. The van der Waals surface area contributed by atoms with Gasteiger partial charge in [-0.3, -0.25) is 0 Å². The Morgan fingerprint density at radius 3 is 2.84 bits per heavy atom. The molecule has 6 heteroatoms. The second-order valence-electron chi connectivity index (χ2n) is 4.29. The van der Waals surface area contributed by atoms with Crippen LogP contribution in [0.3, 0.4) is 0 Å². The third-order valence-electron chi connectivity index (χ3n) is 2.85. The van der Waals surface area contributed by atoms with Crippen molar-refractivity contribution in [1.82, 2.24) is 5.32 Å². The minimum atomic E-state index is -1.11. The Hall–Kier alpha value is -2.50. The monoisotopic (exact) mass is 263 g/mol. The van der Waals surface area contributed by atoms with Crippen LogP contribution in [0.1, 0.15) is 18.4 Å². The fourth-order valence-electron chi connectivity index (χ4n) is 1.93. The number of phenols is 1. The van der Waals surface area contributed by atoms with Gasteiger partial charge in [0, 0.05) is 24.1 Å². The van der Waals surface area contributed by atoms with E-state index in [-0.39, 0.29) is 23.8 Å². The third-order valence-corrected chi connectivity index (χ3v) is 2.85. The second-order valence-corrected chi connectivity index (χ2v) is 4.29. The first-order valence-corrected chi connectivity index (χ1v) is 5.71. The molecular formula is C13H13NO5. The van der Waals surface area contributed by atoms with Gasteiger partial charge in [-0.15, -0.1) is 0 Å². The first-order valence-electron chi connectivity index (χ1n) is 5.71. The molecule has 0 bridgehead atoms. The minimum absolute atomic E-state index is 0.00381. The number of benzene rings is 1. The Morgan fingerprint density at radius 2 is 2.16 bits per heavy atom. The number of carboxylic acid groups (broad SMARTS) is 1. The number of amides is 1. The predicted molar refractivity (Wildman–Crippen MR) is 68.6 cm³/mol. The van der Waals surface area contributed by atoms with Crippen LogP contribution < -0.4 is 10.9 Å². The molecule has 0 aliphatic heterocycles. The lowest BCUT2D eigenvalue weighted by Gasteiger charge is -2.13. The molecule has 0 aliphatic rings. The highest BCUT2D eigenvalue weighted by Crippen LogP contribution is 2.26. The molecule has 0 spiro atoms. The van der Waals surface area contributed by atoms with Crippen molar-refractivity contribution >= 4 is 17.1 Å². The number of carbonyl (C=O) groups is 1. The highest BCUT2D eigenvalue weighted by molar-refractivity contribution is 5.82. The van der Waals surface area contributed by atoms with Crippen molar-refractivity contribution in [3.05, 3.63) is 40.2 Å². The minimum Gasteiger partial charge on any atom is -0.508 e. The van der Waals surface area contributed by atoms with Gasteiger partial charge >= 0.3 is 11.7 Å². The van der Waals surface area contributed by atoms with E-state index in [1.807, 2.05) is 0 Å². The summed E-state index contributed by atoms with van der Waals surface area (Å²) in [6.45, 7) is 1.99. The van der Waals surface area contributed by atoms with Gasteiger partial charge in [0.05, 0.1) is 0 Å². The number of fused-ring (bicyclic) bond motifs is 1. The predicted octanol–water partition coefficient (Wildman–Crippen LogP) is 1.87. The summed E-state index contributed by atoms with van der Waals surface area (Å²) in [5.41, 5.74) is 0.431. The number of nitrogens with one attached hydrogen (secondary N) is 1. The molecule has 1 atom stereocenters. The largest absolute Gasteiger partial charge is 0.508 e. The van der Waals surface area contributed by atoms with Crippen molar-refractivity contribution < 1.29 is 19.4 Å². The van der Waals surface area contributed by atoms with Gasteiger partial charge in [-0.25, -0.2) is 9.59 Å². The summed E-state index contributed by atoms with van der Waals surface area (Å²) >= 11 is 0. The average molecular weight is 263 g/mol. The Bertz CT molecular complexity index is 676. The van der Waals surface area contributed by atoms with Gasteiger partial charge in [-0.1, -0.05) is 6.92 Å². The van der Waals surface area contributed by atoms with Crippen LogP contribution in [0, 0.1) is 0 Å². The Balaban J connectivity index is 2.47. The maximum Gasteiger partial charge on any atom is 0.404 e. The quantitative estimate of drug-likeness (QED) is 0.734. The van der Waals surface area contributed by atoms with Crippen LogP contribution in [-0.2, 0) is 0 Å².